The van der Waals surface area contributed by atoms with E-state index in [9.17, 15) is 32.6 Å². The summed E-state index contributed by atoms with van der Waals surface area (Å²) in [4.78, 5) is 16.9. The number of aromatic nitrogens is 1. The maximum absolute atomic E-state index is 14.4. The van der Waals surface area contributed by atoms with Gasteiger partial charge in [0.1, 0.15) is 5.82 Å². The number of rotatable bonds is 11. The van der Waals surface area contributed by atoms with Gasteiger partial charge in [0, 0.05) is 23.7 Å². The first-order valence-corrected chi connectivity index (χ1v) is 12.6. The molecule has 0 radical (unpaired) electrons. The zero-order valence-corrected chi connectivity index (χ0v) is 22.6. The molecular weight excluding hydrogens is 532 g/mol. The second-order valence-electron chi connectivity index (χ2n) is 9.50. The van der Waals surface area contributed by atoms with Crippen molar-refractivity contribution in [2.45, 2.75) is 51.0 Å². The topological polar surface area (TPSA) is 101 Å². The van der Waals surface area contributed by atoms with Crippen molar-refractivity contribution in [3.05, 3.63) is 77.2 Å². The summed E-state index contributed by atoms with van der Waals surface area (Å²) in [5, 5.41) is 22.8. The number of pyridine rings is 1. The molecule has 3 N–H and O–H groups in total. The normalized spacial score (nSPS) is 14.7. The zero-order chi connectivity index (χ0) is 29.7. The Morgan fingerprint density at radius 1 is 1.05 bits per heavy atom. The van der Waals surface area contributed by atoms with Crippen molar-refractivity contribution in [1.82, 2.24) is 10.3 Å². The summed E-state index contributed by atoms with van der Waals surface area (Å²) < 4.78 is 67.6. The Bertz CT molecular complexity index is 1320. The Kier molecular flexibility index (Phi) is 9.75. The van der Waals surface area contributed by atoms with Gasteiger partial charge in [0.25, 0.3) is 5.91 Å². The molecule has 7 nitrogen and oxygen atoms in total. The highest BCUT2D eigenvalue weighted by atomic mass is 19.4. The molecule has 0 bridgehead atoms. The molecule has 11 heteroatoms. The van der Waals surface area contributed by atoms with Crippen LogP contribution in [0, 0.1) is 5.82 Å². The van der Waals surface area contributed by atoms with Crippen LogP contribution in [0.1, 0.15) is 54.7 Å². The van der Waals surface area contributed by atoms with Crippen LogP contribution < -0.4 is 14.8 Å². The minimum absolute atomic E-state index is 0.0134. The molecule has 2 aromatic carbocycles. The van der Waals surface area contributed by atoms with Gasteiger partial charge in [0.05, 0.1) is 31.1 Å². The van der Waals surface area contributed by atoms with Gasteiger partial charge in [-0.1, -0.05) is 13.8 Å². The third-order valence-corrected chi connectivity index (χ3v) is 6.56. The minimum atomic E-state index is -5.25. The van der Waals surface area contributed by atoms with Crippen LogP contribution in [0.4, 0.5) is 17.6 Å². The Hall–Kier alpha value is -3.70. The molecule has 40 heavy (non-hydrogen) atoms. The number of alkyl halides is 3. The molecule has 0 aliphatic heterocycles. The molecule has 3 aromatic rings. The third kappa shape index (κ3) is 6.89. The van der Waals surface area contributed by atoms with Crippen molar-refractivity contribution in [3.63, 3.8) is 0 Å². The molecule has 0 fully saturated rings. The lowest BCUT2D eigenvalue weighted by molar-refractivity contribution is -0.265. The van der Waals surface area contributed by atoms with Gasteiger partial charge in [-0.2, -0.15) is 13.2 Å². The molecule has 0 aliphatic rings. The molecule has 3 unspecified atom stereocenters. The summed E-state index contributed by atoms with van der Waals surface area (Å²) in [6, 6.07) is 11.6. The van der Waals surface area contributed by atoms with Gasteiger partial charge in [-0.15, -0.1) is 0 Å². The number of amides is 1. The van der Waals surface area contributed by atoms with E-state index in [2.05, 4.69) is 10.3 Å². The van der Waals surface area contributed by atoms with Crippen molar-refractivity contribution in [2.75, 3.05) is 20.3 Å². The van der Waals surface area contributed by atoms with Gasteiger partial charge in [-0.05, 0) is 73.5 Å². The Balaban J connectivity index is 1.98. The van der Waals surface area contributed by atoms with Crippen molar-refractivity contribution < 1.29 is 42.0 Å². The van der Waals surface area contributed by atoms with E-state index in [4.69, 9.17) is 9.47 Å². The van der Waals surface area contributed by atoms with Crippen molar-refractivity contribution >= 4 is 5.91 Å². The van der Waals surface area contributed by atoms with Gasteiger partial charge < -0.3 is 25.0 Å². The highest BCUT2D eigenvalue weighted by Gasteiger charge is 2.56. The maximum Gasteiger partial charge on any atom is 0.424 e. The number of benzene rings is 2. The molecule has 0 spiro atoms. The summed E-state index contributed by atoms with van der Waals surface area (Å²) >= 11 is 0. The number of hydrogen-bond acceptors (Lipinski definition) is 6. The minimum Gasteiger partial charge on any atom is -0.493 e. The molecular formula is C29H32F4N2O5. The first-order chi connectivity index (χ1) is 18.8. The Morgan fingerprint density at radius 3 is 2.30 bits per heavy atom. The average Bonchev–Trinajstić information content (AvgIpc) is 2.94. The molecule has 3 atom stereocenters. The van der Waals surface area contributed by atoms with Crippen molar-refractivity contribution in [1.29, 1.82) is 0 Å². The van der Waals surface area contributed by atoms with E-state index in [-0.39, 0.29) is 35.3 Å². The van der Waals surface area contributed by atoms with E-state index in [1.807, 2.05) is 13.8 Å². The van der Waals surface area contributed by atoms with Gasteiger partial charge >= 0.3 is 6.18 Å². The highest BCUT2D eigenvalue weighted by Crippen LogP contribution is 2.40. The second-order valence-corrected chi connectivity index (χ2v) is 9.50. The molecule has 1 heterocycles. The van der Waals surface area contributed by atoms with E-state index in [1.165, 1.54) is 43.5 Å². The molecule has 0 saturated carbocycles. The number of ether oxygens (including phenoxy) is 2. The summed E-state index contributed by atoms with van der Waals surface area (Å²) in [5.41, 5.74) is -3.79. The van der Waals surface area contributed by atoms with Crippen LogP contribution in [-0.4, -0.2) is 53.6 Å². The fraction of sp³-hybridized carbons (Fsp3) is 0.379. The van der Waals surface area contributed by atoms with E-state index < -0.39 is 41.7 Å². The fourth-order valence-corrected chi connectivity index (χ4v) is 3.77. The Labute approximate surface area is 229 Å². The van der Waals surface area contributed by atoms with Crippen LogP contribution in [0.25, 0.3) is 11.3 Å². The van der Waals surface area contributed by atoms with Gasteiger partial charge in [-0.25, -0.2) is 9.37 Å². The van der Waals surface area contributed by atoms with Crippen LogP contribution in [0.5, 0.6) is 11.5 Å². The number of halogens is 4. The monoisotopic (exact) mass is 564 g/mol. The van der Waals surface area contributed by atoms with Crippen LogP contribution >= 0.6 is 0 Å². The van der Waals surface area contributed by atoms with Crippen LogP contribution in [-0.2, 0) is 5.60 Å². The predicted octanol–water partition coefficient (Wildman–Crippen LogP) is 5.35. The van der Waals surface area contributed by atoms with Crippen LogP contribution in [0.15, 0.2) is 54.6 Å². The molecule has 1 amide bonds. The summed E-state index contributed by atoms with van der Waals surface area (Å²) in [6.45, 7) is 3.73. The number of carbonyl (C=O) groups is 1. The van der Waals surface area contributed by atoms with Gasteiger partial charge in [0.2, 0.25) is 5.60 Å². The summed E-state index contributed by atoms with van der Waals surface area (Å²) in [5.74, 6) is -1.45. The molecule has 3 rings (SSSR count). The smallest absolute Gasteiger partial charge is 0.424 e. The van der Waals surface area contributed by atoms with E-state index in [0.717, 1.165) is 24.6 Å². The number of aliphatic hydroxyl groups excluding tert-OH is 1. The highest BCUT2D eigenvalue weighted by molar-refractivity contribution is 5.95. The molecule has 0 aliphatic carbocycles. The number of aliphatic hydroxyl groups is 2. The standard InChI is InChI=1S/C29H32F4N2O5/c1-5-18(3)40-24-11-8-20(13-25(24)39-4)27(37)34-16-28(38,29(31,32)33)26-14-21(17(2)15-36)12-23(35-26)19-6-9-22(30)10-7-19/h6-14,17-18,36,38H,5,15-16H2,1-4H3,(H,34,37). The number of nitrogens with zero attached hydrogens (tertiary/aromatic N) is 1. The lowest BCUT2D eigenvalue weighted by atomic mass is 9.92. The summed E-state index contributed by atoms with van der Waals surface area (Å²) in [7, 11) is 1.37. The lowest BCUT2D eigenvalue weighted by Crippen LogP contribution is -2.51. The van der Waals surface area contributed by atoms with Crippen molar-refractivity contribution in [3.8, 4) is 22.8 Å². The van der Waals surface area contributed by atoms with Crippen LogP contribution in [0.3, 0.4) is 0 Å². The molecule has 216 valence electrons. The summed E-state index contributed by atoms with van der Waals surface area (Å²) in [6.07, 6.45) is -4.66. The number of hydrogen-bond donors (Lipinski definition) is 3. The largest absolute Gasteiger partial charge is 0.493 e. The average molecular weight is 565 g/mol. The molecule has 0 saturated heterocycles. The van der Waals surface area contributed by atoms with Gasteiger partial charge in [-0.3, -0.25) is 4.79 Å². The SMILES string of the molecule is CCC(C)Oc1ccc(C(=O)NCC(O)(c2cc(C(C)CO)cc(-c3ccc(F)cc3)n2)C(F)(F)F)cc1OC. The lowest BCUT2D eigenvalue weighted by Gasteiger charge is -2.31. The predicted molar refractivity (Wildman–Crippen MR) is 141 cm³/mol. The first-order valence-electron chi connectivity index (χ1n) is 12.6. The molecule has 1 aromatic heterocycles. The zero-order valence-electron chi connectivity index (χ0n) is 22.6. The third-order valence-electron chi connectivity index (χ3n) is 6.56. The van der Waals surface area contributed by atoms with Gasteiger partial charge in [0.15, 0.2) is 11.5 Å². The fourth-order valence-electron chi connectivity index (χ4n) is 3.77. The maximum atomic E-state index is 14.4. The first kappa shape index (κ1) is 30.8. The number of methoxy groups -OCH3 is 1. The van der Waals surface area contributed by atoms with E-state index in [0.29, 0.717) is 11.3 Å². The van der Waals surface area contributed by atoms with Crippen molar-refractivity contribution in [2.24, 2.45) is 0 Å². The number of nitrogens with one attached hydrogen (secondary N) is 1. The van der Waals surface area contributed by atoms with E-state index in [1.54, 1.807) is 6.92 Å². The van der Waals surface area contributed by atoms with E-state index >= 15 is 0 Å². The number of carbonyl (C=O) groups excluding carboxylic acids is 1. The second kappa shape index (κ2) is 12.6. The van der Waals surface area contributed by atoms with Crippen LogP contribution in [0.2, 0.25) is 0 Å². The quantitative estimate of drug-likeness (QED) is 0.272. The Morgan fingerprint density at radius 2 is 1.73 bits per heavy atom.